The molecule has 0 bridgehead atoms. The maximum absolute atomic E-state index is 13.4. The number of hydrogen-bond acceptors (Lipinski definition) is 2. The summed E-state index contributed by atoms with van der Waals surface area (Å²) in [4.78, 5) is 19.8. The monoisotopic (exact) mass is 326 g/mol. The number of aromatic nitrogens is 1. The first-order valence-electron chi connectivity index (χ1n) is 8.17. The summed E-state index contributed by atoms with van der Waals surface area (Å²) in [6.45, 7) is 1.31. The Morgan fingerprint density at radius 3 is 2.52 bits per heavy atom. The molecule has 1 aromatic carbocycles. The van der Waals surface area contributed by atoms with Crippen molar-refractivity contribution in [3.8, 4) is 0 Å². The maximum Gasteiger partial charge on any atom is 0.233 e. The molecular weight excluding hydrogens is 308 g/mol. The molecule has 3 nitrogen and oxygen atoms in total. The van der Waals surface area contributed by atoms with Gasteiger partial charge in [0.1, 0.15) is 0 Å². The second kappa shape index (κ2) is 5.64. The molecule has 118 valence electrons. The third-order valence-electron chi connectivity index (χ3n) is 5.24. The summed E-state index contributed by atoms with van der Waals surface area (Å²) < 4.78 is 0. The Bertz CT molecular complexity index is 710. The van der Waals surface area contributed by atoms with Crippen LogP contribution in [0.2, 0.25) is 5.02 Å². The Morgan fingerprint density at radius 2 is 1.83 bits per heavy atom. The van der Waals surface area contributed by atoms with Gasteiger partial charge in [-0.25, -0.2) is 0 Å². The van der Waals surface area contributed by atoms with Crippen LogP contribution in [0.5, 0.6) is 0 Å². The predicted molar refractivity (Wildman–Crippen MR) is 90.1 cm³/mol. The van der Waals surface area contributed by atoms with Gasteiger partial charge in [0, 0.05) is 17.8 Å². The molecule has 0 spiro atoms. The molecule has 1 aliphatic carbocycles. The first-order chi connectivity index (χ1) is 11.2. The number of rotatable bonds is 2. The predicted octanol–water partition coefficient (Wildman–Crippen LogP) is 4.09. The molecule has 2 aromatic rings. The second-order valence-corrected chi connectivity index (χ2v) is 7.00. The number of nitrogens with zero attached hydrogens (tertiary/aromatic N) is 2. The van der Waals surface area contributed by atoms with E-state index in [0.29, 0.717) is 18.1 Å². The molecule has 1 fully saturated rings. The highest BCUT2D eigenvalue weighted by Crippen LogP contribution is 2.44. The topological polar surface area (TPSA) is 33.2 Å². The van der Waals surface area contributed by atoms with Crippen LogP contribution in [-0.2, 0) is 23.3 Å². The summed E-state index contributed by atoms with van der Waals surface area (Å²) in [5, 5.41) is 0.715. The van der Waals surface area contributed by atoms with Crippen LogP contribution < -0.4 is 0 Å². The Balaban J connectivity index is 1.66. The average molecular weight is 327 g/mol. The van der Waals surface area contributed by atoms with E-state index in [1.807, 2.05) is 35.2 Å². The molecule has 23 heavy (non-hydrogen) atoms. The molecule has 1 saturated carbocycles. The number of halogens is 1. The molecular formula is C19H19ClN2O. The first kappa shape index (κ1) is 14.7. The summed E-state index contributed by atoms with van der Waals surface area (Å²) >= 11 is 6.03. The first-order valence-corrected chi connectivity index (χ1v) is 8.55. The second-order valence-electron chi connectivity index (χ2n) is 6.57. The van der Waals surface area contributed by atoms with Crippen LogP contribution in [0.15, 0.2) is 42.6 Å². The van der Waals surface area contributed by atoms with E-state index in [1.54, 1.807) is 6.20 Å². The molecule has 4 heteroatoms. The molecule has 0 atom stereocenters. The van der Waals surface area contributed by atoms with Gasteiger partial charge in [0.05, 0.1) is 17.7 Å². The Kier molecular flexibility index (Phi) is 3.61. The van der Waals surface area contributed by atoms with Crippen LogP contribution in [0.4, 0.5) is 0 Å². The van der Waals surface area contributed by atoms with Gasteiger partial charge < -0.3 is 4.90 Å². The zero-order chi connectivity index (χ0) is 15.9. The van der Waals surface area contributed by atoms with Crippen molar-refractivity contribution in [1.29, 1.82) is 0 Å². The van der Waals surface area contributed by atoms with Crippen LogP contribution in [-0.4, -0.2) is 15.8 Å². The summed E-state index contributed by atoms with van der Waals surface area (Å²) in [6.07, 6.45) is 5.86. The zero-order valence-corrected chi connectivity index (χ0v) is 13.7. The third-order valence-corrected chi connectivity index (χ3v) is 5.49. The number of pyridine rings is 1. The van der Waals surface area contributed by atoms with Gasteiger partial charge in [0.2, 0.25) is 5.91 Å². The van der Waals surface area contributed by atoms with Crippen molar-refractivity contribution < 1.29 is 4.79 Å². The molecule has 1 amide bonds. The zero-order valence-electron chi connectivity index (χ0n) is 13.0. The van der Waals surface area contributed by atoms with Crippen LogP contribution in [0.1, 0.15) is 42.5 Å². The fourth-order valence-electron chi connectivity index (χ4n) is 4.02. The minimum absolute atomic E-state index is 0.246. The largest absolute Gasteiger partial charge is 0.332 e. The molecule has 0 unspecified atom stereocenters. The number of amides is 1. The molecule has 1 aliphatic heterocycles. The lowest BCUT2D eigenvalue weighted by atomic mass is 9.77. The molecule has 4 rings (SSSR count). The molecule has 2 aliphatic rings. The van der Waals surface area contributed by atoms with Crippen molar-refractivity contribution in [2.45, 2.75) is 44.2 Å². The molecule has 0 radical (unpaired) electrons. The van der Waals surface area contributed by atoms with E-state index < -0.39 is 0 Å². The minimum Gasteiger partial charge on any atom is -0.332 e. The Morgan fingerprint density at radius 1 is 1.09 bits per heavy atom. The number of hydrogen-bond donors (Lipinski definition) is 0. The summed E-state index contributed by atoms with van der Waals surface area (Å²) in [7, 11) is 0. The van der Waals surface area contributed by atoms with Gasteiger partial charge in [0.25, 0.3) is 0 Å². The number of benzene rings is 1. The lowest BCUT2D eigenvalue weighted by molar-refractivity contribution is -0.138. The summed E-state index contributed by atoms with van der Waals surface area (Å²) in [6, 6.07) is 11.8. The lowest BCUT2D eigenvalue weighted by Crippen LogP contribution is -2.43. The van der Waals surface area contributed by atoms with Crippen LogP contribution >= 0.6 is 11.6 Å². The van der Waals surface area contributed by atoms with Gasteiger partial charge in [-0.2, -0.15) is 0 Å². The fraction of sp³-hybridized carbons (Fsp3) is 0.368. The highest BCUT2D eigenvalue weighted by Gasteiger charge is 2.45. The SMILES string of the molecule is O=C(N1Cc2cccnc2C1)C1(c2ccc(Cl)cc2)CCCC1. The van der Waals surface area contributed by atoms with Crippen LogP contribution in [0.25, 0.3) is 0 Å². The van der Waals surface area contributed by atoms with Crippen molar-refractivity contribution in [2.24, 2.45) is 0 Å². The third kappa shape index (κ3) is 2.43. The van der Waals surface area contributed by atoms with Crippen molar-refractivity contribution in [3.63, 3.8) is 0 Å². The summed E-state index contributed by atoms with van der Waals surface area (Å²) in [5.41, 5.74) is 2.93. The van der Waals surface area contributed by atoms with Gasteiger partial charge in [0.15, 0.2) is 0 Å². The summed E-state index contributed by atoms with van der Waals surface area (Å²) in [5.74, 6) is 0.246. The van der Waals surface area contributed by atoms with Gasteiger partial charge in [-0.1, -0.05) is 42.6 Å². The van der Waals surface area contributed by atoms with E-state index in [-0.39, 0.29) is 11.3 Å². The minimum atomic E-state index is -0.382. The Hall–Kier alpha value is -1.87. The smallest absolute Gasteiger partial charge is 0.233 e. The molecule has 0 N–H and O–H groups in total. The van der Waals surface area contributed by atoms with Gasteiger partial charge >= 0.3 is 0 Å². The highest BCUT2D eigenvalue weighted by molar-refractivity contribution is 6.30. The molecule has 0 saturated heterocycles. The van der Waals surface area contributed by atoms with Crippen molar-refractivity contribution >= 4 is 17.5 Å². The van der Waals surface area contributed by atoms with Crippen molar-refractivity contribution in [2.75, 3.05) is 0 Å². The van der Waals surface area contributed by atoms with E-state index in [9.17, 15) is 4.79 Å². The number of fused-ring (bicyclic) bond motifs is 1. The Labute approximate surface area is 141 Å². The van der Waals surface area contributed by atoms with E-state index in [1.165, 1.54) is 5.56 Å². The fourth-order valence-corrected chi connectivity index (χ4v) is 4.15. The van der Waals surface area contributed by atoms with Gasteiger partial charge in [-0.15, -0.1) is 0 Å². The van der Waals surface area contributed by atoms with Crippen molar-refractivity contribution in [1.82, 2.24) is 9.88 Å². The molecule has 1 aromatic heterocycles. The van der Waals surface area contributed by atoms with E-state index in [4.69, 9.17) is 11.6 Å². The number of carbonyl (C=O) groups excluding carboxylic acids is 1. The van der Waals surface area contributed by atoms with Gasteiger partial charge in [-0.05, 0) is 42.2 Å². The quantitative estimate of drug-likeness (QED) is 0.832. The average Bonchev–Trinajstić information content (AvgIpc) is 3.22. The maximum atomic E-state index is 13.4. The highest BCUT2D eigenvalue weighted by atomic mass is 35.5. The van der Waals surface area contributed by atoms with E-state index in [2.05, 4.69) is 11.1 Å². The van der Waals surface area contributed by atoms with Gasteiger partial charge in [-0.3, -0.25) is 9.78 Å². The normalized spacial score (nSPS) is 18.9. The van der Waals surface area contributed by atoms with Crippen LogP contribution in [0.3, 0.4) is 0 Å². The van der Waals surface area contributed by atoms with Crippen LogP contribution in [0, 0.1) is 0 Å². The molecule has 2 heterocycles. The standard InChI is InChI=1S/C19H19ClN2O/c20-16-7-5-15(6-8-16)19(9-1-2-10-19)18(23)22-12-14-4-3-11-21-17(14)13-22/h3-8,11H,1-2,9-10,12-13H2. The number of carbonyl (C=O) groups is 1. The van der Waals surface area contributed by atoms with E-state index in [0.717, 1.165) is 36.9 Å². The van der Waals surface area contributed by atoms with Crippen molar-refractivity contribution in [3.05, 3.63) is 64.4 Å². The lowest BCUT2D eigenvalue weighted by Gasteiger charge is -2.32. The van der Waals surface area contributed by atoms with E-state index >= 15 is 0 Å².